The van der Waals surface area contributed by atoms with E-state index in [4.69, 9.17) is 25.2 Å². The van der Waals surface area contributed by atoms with Crippen LogP contribution >= 0.6 is 0 Å². The monoisotopic (exact) mass is 416 g/mol. The number of aryl methyl sites for hydroxylation is 1. The number of rotatable bonds is 4. The van der Waals surface area contributed by atoms with Crippen molar-refractivity contribution >= 4 is 22.5 Å². The maximum atomic E-state index is 6.19. The first kappa shape index (κ1) is 18.5. The zero-order chi connectivity index (χ0) is 21.1. The molecule has 2 aliphatic rings. The van der Waals surface area contributed by atoms with E-state index in [1.54, 1.807) is 11.6 Å². The van der Waals surface area contributed by atoms with Gasteiger partial charge in [0, 0.05) is 35.0 Å². The smallest absolute Gasteiger partial charge is 0.223 e. The lowest BCUT2D eigenvalue weighted by atomic mass is 9.71. The van der Waals surface area contributed by atoms with Crippen molar-refractivity contribution in [1.82, 2.24) is 24.6 Å². The lowest BCUT2D eigenvalue weighted by molar-refractivity contribution is 0.00825. The Hall–Kier alpha value is -3.26. The zero-order valence-corrected chi connectivity index (χ0v) is 17.6. The Morgan fingerprint density at radius 3 is 2.68 bits per heavy atom. The van der Waals surface area contributed by atoms with Crippen LogP contribution in [0.25, 0.3) is 16.6 Å². The summed E-state index contributed by atoms with van der Waals surface area (Å²) in [4.78, 5) is 14.1. The van der Waals surface area contributed by atoms with Gasteiger partial charge in [-0.1, -0.05) is 12.1 Å². The van der Waals surface area contributed by atoms with Crippen molar-refractivity contribution in [2.45, 2.75) is 37.5 Å². The molecule has 0 radical (unpaired) electrons. The van der Waals surface area contributed by atoms with Gasteiger partial charge < -0.3 is 15.2 Å². The number of benzene rings is 1. The molecule has 0 bridgehead atoms. The van der Waals surface area contributed by atoms with Gasteiger partial charge in [0.05, 0.1) is 20.3 Å². The Bertz CT molecular complexity index is 1310. The molecule has 8 nitrogen and oxygen atoms in total. The van der Waals surface area contributed by atoms with Gasteiger partial charge in [0.25, 0.3) is 0 Å². The van der Waals surface area contributed by atoms with E-state index in [1.807, 2.05) is 24.4 Å². The summed E-state index contributed by atoms with van der Waals surface area (Å²) in [5, 5.41) is 5.57. The molecule has 0 atom stereocenters. The van der Waals surface area contributed by atoms with E-state index in [0.717, 1.165) is 42.9 Å². The summed E-state index contributed by atoms with van der Waals surface area (Å²) in [6.45, 7) is 3.78. The Labute approximate surface area is 179 Å². The van der Waals surface area contributed by atoms with Gasteiger partial charge in [-0.2, -0.15) is 4.52 Å². The van der Waals surface area contributed by atoms with Crippen LogP contribution in [0.4, 0.5) is 5.95 Å². The molecule has 2 N–H and O–H groups in total. The fraction of sp³-hybridized carbons (Fsp3) is 0.391. The molecule has 4 aromatic rings. The number of aromatic nitrogens is 5. The minimum atomic E-state index is 0.297. The van der Waals surface area contributed by atoms with Gasteiger partial charge in [0.1, 0.15) is 11.3 Å². The standard InChI is InChI=1S/C23H24N6O2/c1-12-6-15(16-10-31-11-16)9-25-19(12)13-7-14(8-13)21-27-22-17-4-3-5-18(30-2)20(17)26-23(24)29(22)28-21/h3-6,9,13-14,16H,7-8,10-11H2,1-2H3,(H2,24,26). The molecule has 6 rings (SSSR count). The molecule has 2 fully saturated rings. The molecule has 1 saturated carbocycles. The molecule has 1 aliphatic carbocycles. The lowest BCUT2D eigenvalue weighted by Crippen LogP contribution is -2.26. The van der Waals surface area contributed by atoms with Gasteiger partial charge in [0.2, 0.25) is 5.95 Å². The molecule has 1 aromatic carbocycles. The van der Waals surface area contributed by atoms with Crippen molar-refractivity contribution in [3.8, 4) is 5.75 Å². The molecule has 158 valence electrons. The maximum Gasteiger partial charge on any atom is 0.223 e. The average molecular weight is 416 g/mol. The van der Waals surface area contributed by atoms with Gasteiger partial charge in [0.15, 0.2) is 11.5 Å². The highest BCUT2D eigenvalue weighted by Gasteiger charge is 2.36. The minimum absolute atomic E-state index is 0.297. The first-order valence-corrected chi connectivity index (χ1v) is 10.7. The summed E-state index contributed by atoms with van der Waals surface area (Å²) in [6.07, 6.45) is 4.01. The van der Waals surface area contributed by atoms with E-state index in [0.29, 0.717) is 35.0 Å². The molecule has 0 spiro atoms. The lowest BCUT2D eigenvalue weighted by Gasteiger charge is -2.34. The van der Waals surface area contributed by atoms with Crippen molar-refractivity contribution < 1.29 is 9.47 Å². The molecule has 8 heteroatoms. The summed E-state index contributed by atoms with van der Waals surface area (Å²) >= 11 is 0. The van der Waals surface area contributed by atoms with Crippen LogP contribution in [0.15, 0.2) is 30.5 Å². The second kappa shape index (κ2) is 6.88. The van der Waals surface area contributed by atoms with Crippen LogP contribution in [0, 0.1) is 6.92 Å². The van der Waals surface area contributed by atoms with Crippen LogP contribution in [-0.2, 0) is 4.74 Å². The number of methoxy groups -OCH3 is 1. The number of nitrogens with zero attached hydrogens (tertiary/aromatic N) is 5. The number of anilines is 1. The fourth-order valence-electron chi connectivity index (χ4n) is 4.72. The van der Waals surface area contributed by atoms with Gasteiger partial charge >= 0.3 is 0 Å². The number of pyridine rings is 1. The number of nitrogens with two attached hydrogens (primary N) is 1. The molecule has 0 amide bonds. The maximum absolute atomic E-state index is 6.19. The van der Waals surface area contributed by atoms with Crippen LogP contribution in [0.5, 0.6) is 5.75 Å². The SMILES string of the molecule is COc1cccc2c1nc(N)n1nc(C3CC(c4ncc(C5COC5)cc4C)C3)nc21. The largest absolute Gasteiger partial charge is 0.494 e. The van der Waals surface area contributed by atoms with E-state index in [9.17, 15) is 0 Å². The summed E-state index contributed by atoms with van der Waals surface area (Å²) < 4.78 is 12.4. The average Bonchev–Trinajstić information content (AvgIpc) is 3.13. The Morgan fingerprint density at radius 2 is 1.97 bits per heavy atom. The normalized spacial score (nSPS) is 21.2. The van der Waals surface area contributed by atoms with E-state index in [-0.39, 0.29) is 0 Å². The van der Waals surface area contributed by atoms with Crippen LogP contribution < -0.4 is 10.5 Å². The first-order valence-electron chi connectivity index (χ1n) is 10.7. The van der Waals surface area contributed by atoms with E-state index >= 15 is 0 Å². The molecule has 31 heavy (non-hydrogen) atoms. The third kappa shape index (κ3) is 2.85. The van der Waals surface area contributed by atoms with E-state index < -0.39 is 0 Å². The molecule has 1 saturated heterocycles. The second-order valence-corrected chi connectivity index (χ2v) is 8.60. The Kier molecular flexibility index (Phi) is 4.11. The van der Waals surface area contributed by atoms with Crippen molar-refractivity contribution in [3.05, 3.63) is 53.1 Å². The van der Waals surface area contributed by atoms with Gasteiger partial charge in [-0.05, 0) is 43.0 Å². The molecule has 4 heterocycles. The molecule has 0 unspecified atom stereocenters. The predicted molar refractivity (Wildman–Crippen MR) is 117 cm³/mol. The number of nitrogen functional groups attached to an aromatic ring is 1. The quantitative estimate of drug-likeness (QED) is 0.544. The topological polar surface area (TPSA) is 100 Å². The van der Waals surface area contributed by atoms with Crippen molar-refractivity contribution in [2.75, 3.05) is 26.1 Å². The van der Waals surface area contributed by atoms with Gasteiger partial charge in [-0.3, -0.25) is 4.98 Å². The third-order valence-electron chi connectivity index (χ3n) is 6.67. The Morgan fingerprint density at radius 1 is 1.13 bits per heavy atom. The highest BCUT2D eigenvalue weighted by molar-refractivity contribution is 5.95. The summed E-state index contributed by atoms with van der Waals surface area (Å²) in [5.74, 6) is 3.06. The number of ether oxygens (including phenoxy) is 2. The van der Waals surface area contributed by atoms with Crippen LogP contribution in [0.3, 0.4) is 0 Å². The van der Waals surface area contributed by atoms with Crippen LogP contribution in [0.1, 0.15) is 53.2 Å². The predicted octanol–water partition coefficient (Wildman–Crippen LogP) is 3.35. The zero-order valence-electron chi connectivity index (χ0n) is 17.6. The van der Waals surface area contributed by atoms with Gasteiger partial charge in [-0.15, -0.1) is 5.10 Å². The van der Waals surface area contributed by atoms with Crippen LogP contribution in [-0.4, -0.2) is 44.9 Å². The highest BCUT2D eigenvalue weighted by atomic mass is 16.5. The van der Waals surface area contributed by atoms with E-state index in [1.165, 1.54) is 16.8 Å². The number of hydrogen-bond acceptors (Lipinski definition) is 7. The molecular formula is C23H24N6O2. The van der Waals surface area contributed by atoms with Crippen LogP contribution in [0.2, 0.25) is 0 Å². The van der Waals surface area contributed by atoms with Crippen molar-refractivity contribution in [1.29, 1.82) is 0 Å². The second-order valence-electron chi connectivity index (χ2n) is 8.60. The summed E-state index contributed by atoms with van der Waals surface area (Å²) in [7, 11) is 1.63. The van der Waals surface area contributed by atoms with Crippen molar-refractivity contribution in [2.24, 2.45) is 0 Å². The number of para-hydroxylation sites is 1. The molecule has 3 aromatic heterocycles. The Balaban J connectivity index is 1.28. The molecular weight excluding hydrogens is 392 g/mol. The minimum Gasteiger partial charge on any atom is -0.494 e. The fourth-order valence-corrected chi connectivity index (χ4v) is 4.72. The number of fused-ring (bicyclic) bond motifs is 3. The van der Waals surface area contributed by atoms with E-state index in [2.05, 4.69) is 23.1 Å². The first-order chi connectivity index (χ1) is 15.1. The third-order valence-corrected chi connectivity index (χ3v) is 6.67. The van der Waals surface area contributed by atoms with Crippen molar-refractivity contribution in [3.63, 3.8) is 0 Å². The number of hydrogen-bond donors (Lipinski definition) is 1. The molecule has 1 aliphatic heterocycles. The summed E-state index contributed by atoms with van der Waals surface area (Å²) in [5.41, 5.74) is 11.4. The highest BCUT2D eigenvalue weighted by Crippen LogP contribution is 2.47. The van der Waals surface area contributed by atoms with Gasteiger partial charge in [-0.25, -0.2) is 9.97 Å². The summed E-state index contributed by atoms with van der Waals surface area (Å²) in [6, 6.07) is 8.06.